The van der Waals surface area contributed by atoms with Crippen molar-refractivity contribution in [3.63, 3.8) is 0 Å². The second kappa shape index (κ2) is 3.24. The molecule has 19 heavy (non-hydrogen) atoms. The van der Waals surface area contributed by atoms with Crippen molar-refractivity contribution in [2.24, 2.45) is 47.3 Å². The van der Waals surface area contributed by atoms with E-state index in [0.717, 1.165) is 29.6 Å². The van der Waals surface area contributed by atoms with Gasteiger partial charge in [0.15, 0.2) is 0 Å². The minimum Gasteiger partial charge on any atom is -0.311 e. The molecule has 1 nitrogen and oxygen atoms in total. The molecule has 1 spiro atoms. The smallest absolute Gasteiger partial charge is 0.0243 e. The van der Waals surface area contributed by atoms with Crippen molar-refractivity contribution in [1.82, 2.24) is 5.32 Å². The van der Waals surface area contributed by atoms with Gasteiger partial charge in [-0.2, -0.15) is 0 Å². The zero-order valence-electron chi connectivity index (χ0n) is 12.0. The van der Waals surface area contributed by atoms with Gasteiger partial charge in [0, 0.05) is 5.54 Å². The van der Waals surface area contributed by atoms with Gasteiger partial charge in [-0.1, -0.05) is 6.42 Å². The number of rotatable bonds is 0. The minimum absolute atomic E-state index is 0.633. The molecule has 7 saturated carbocycles. The highest BCUT2D eigenvalue weighted by molar-refractivity contribution is 5.22. The van der Waals surface area contributed by atoms with Gasteiger partial charge in [0.25, 0.3) is 0 Å². The number of piperidine rings is 1. The molecule has 0 amide bonds. The SMILES string of the molecule is C1CCC2(NC1)C1CC3C4CC5CC3C2C(C5)C4C1. The summed E-state index contributed by atoms with van der Waals surface area (Å²) in [4.78, 5) is 0. The molecule has 8 rings (SSSR count). The monoisotopic (exact) mass is 257 g/mol. The maximum atomic E-state index is 4.14. The number of hydrogen-bond donors (Lipinski definition) is 1. The molecule has 1 aliphatic heterocycles. The van der Waals surface area contributed by atoms with Crippen LogP contribution in [0, 0.1) is 47.3 Å². The lowest BCUT2D eigenvalue weighted by Crippen LogP contribution is -2.76. The summed E-state index contributed by atoms with van der Waals surface area (Å²) in [7, 11) is 0. The maximum absolute atomic E-state index is 4.14. The highest BCUT2D eigenvalue weighted by Gasteiger charge is 2.70. The molecule has 104 valence electrons. The van der Waals surface area contributed by atoms with E-state index in [2.05, 4.69) is 5.32 Å². The van der Waals surface area contributed by atoms with E-state index in [4.69, 9.17) is 0 Å². The Morgan fingerprint density at radius 3 is 2.11 bits per heavy atom. The van der Waals surface area contributed by atoms with E-state index in [0.29, 0.717) is 5.54 Å². The van der Waals surface area contributed by atoms with E-state index in [1.54, 1.807) is 32.1 Å². The fourth-order valence-electron chi connectivity index (χ4n) is 8.73. The average molecular weight is 257 g/mol. The summed E-state index contributed by atoms with van der Waals surface area (Å²) in [5.41, 5.74) is 0.633. The zero-order chi connectivity index (χ0) is 12.2. The molecule has 5 atom stereocenters. The Bertz CT molecular complexity index is 399. The molecule has 5 unspecified atom stereocenters. The summed E-state index contributed by atoms with van der Waals surface area (Å²) in [5, 5.41) is 4.14. The standard InChI is InChI=1S/C18H27N/c1-2-4-19-18(3-1)11-8-13-12-5-10-6-15(13)17(18)16(7-10)14(12)9-11/h10-17,19H,1-9H2. The third-order valence-corrected chi connectivity index (χ3v) is 8.85. The van der Waals surface area contributed by atoms with Gasteiger partial charge in [0.2, 0.25) is 0 Å². The molecule has 1 heteroatoms. The van der Waals surface area contributed by atoms with Crippen LogP contribution in [0.15, 0.2) is 0 Å². The van der Waals surface area contributed by atoms with E-state index in [1.807, 2.05) is 0 Å². The van der Waals surface area contributed by atoms with Gasteiger partial charge in [-0.3, -0.25) is 0 Å². The molecule has 8 bridgehead atoms. The second-order valence-electron chi connectivity index (χ2n) is 9.01. The third-order valence-electron chi connectivity index (χ3n) is 8.85. The lowest BCUT2D eigenvalue weighted by atomic mass is 9.31. The van der Waals surface area contributed by atoms with Crippen molar-refractivity contribution in [2.45, 2.75) is 56.9 Å². The molecule has 0 radical (unpaired) electrons. The summed E-state index contributed by atoms with van der Waals surface area (Å²) in [5.74, 6) is 9.19. The Balaban J connectivity index is 1.51. The molecular formula is C18H27N. The molecule has 8 aliphatic rings. The van der Waals surface area contributed by atoms with Crippen molar-refractivity contribution in [2.75, 3.05) is 6.54 Å². The van der Waals surface area contributed by atoms with Crippen LogP contribution in [0.25, 0.3) is 0 Å². The molecule has 0 aromatic rings. The van der Waals surface area contributed by atoms with E-state index in [1.165, 1.54) is 43.6 Å². The Kier molecular flexibility index (Phi) is 1.81. The largest absolute Gasteiger partial charge is 0.311 e. The quantitative estimate of drug-likeness (QED) is 0.701. The molecule has 7 aliphatic carbocycles. The zero-order valence-corrected chi connectivity index (χ0v) is 12.0. The molecule has 0 aromatic carbocycles. The molecular weight excluding hydrogens is 230 g/mol. The molecule has 1 heterocycles. The summed E-state index contributed by atoms with van der Waals surface area (Å²) in [6.07, 6.45) is 12.6. The Morgan fingerprint density at radius 2 is 1.42 bits per heavy atom. The second-order valence-corrected chi connectivity index (χ2v) is 9.01. The first-order valence-corrected chi connectivity index (χ1v) is 9.12. The normalized spacial score (nSPS) is 68.2. The van der Waals surface area contributed by atoms with Gasteiger partial charge >= 0.3 is 0 Å². The van der Waals surface area contributed by atoms with E-state index in [-0.39, 0.29) is 0 Å². The topological polar surface area (TPSA) is 12.0 Å². The maximum Gasteiger partial charge on any atom is 0.0243 e. The van der Waals surface area contributed by atoms with Gasteiger partial charge in [0.1, 0.15) is 0 Å². The van der Waals surface area contributed by atoms with Crippen molar-refractivity contribution >= 4 is 0 Å². The van der Waals surface area contributed by atoms with Crippen LogP contribution in [0.3, 0.4) is 0 Å². The summed E-state index contributed by atoms with van der Waals surface area (Å²) in [6, 6.07) is 0. The highest BCUT2D eigenvalue weighted by Crippen LogP contribution is 2.74. The van der Waals surface area contributed by atoms with Gasteiger partial charge in [-0.15, -0.1) is 0 Å². The lowest BCUT2D eigenvalue weighted by Gasteiger charge is -2.76. The molecule has 1 saturated heterocycles. The Morgan fingerprint density at radius 1 is 0.737 bits per heavy atom. The average Bonchev–Trinajstić information content (AvgIpc) is 2.46. The van der Waals surface area contributed by atoms with Crippen LogP contribution in [0.5, 0.6) is 0 Å². The number of nitrogens with one attached hydrogen (secondary N) is 1. The van der Waals surface area contributed by atoms with Crippen LogP contribution in [0.4, 0.5) is 0 Å². The van der Waals surface area contributed by atoms with E-state index >= 15 is 0 Å². The van der Waals surface area contributed by atoms with Gasteiger partial charge in [-0.25, -0.2) is 0 Å². The third kappa shape index (κ3) is 1.05. The van der Waals surface area contributed by atoms with Gasteiger partial charge < -0.3 is 5.32 Å². The first-order chi connectivity index (χ1) is 9.37. The van der Waals surface area contributed by atoms with Crippen molar-refractivity contribution in [1.29, 1.82) is 0 Å². The van der Waals surface area contributed by atoms with Crippen LogP contribution in [0.1, 0.15) is 51.4 Å². The first kappa shape index (κ1) is 10.7. The molecule has 8 fully saturated rings. The highest BCUT2D eigenvalue weighted by atomic mass is 15.0. The Hall–Kier alpha value is -0.0400. The van der Waals surface area contributed by atoms with E-state index in [9.17, 15) is 0 Å². The van der Waals surface area contributed by atoms with Crippen molar-refractivity contribution < 1.29 is 0 Å². The van der Waals surface area contributed by atoms with Crippen LogP contribution in [-0.2, 0) is 0 Å². The minimum atomic E-state index is 0.633. The lowest BCUT2D eigenvalue weighted by molar-refractivity contribution is -0.248. The summed E-state index contributed by atoms with van der Waals surface area (Å²) >= 11 is 0. The molecule has 0 aromatic heterocycles. The van der Waals surface area contributed by atoms with Crippen molar-refractivity contribution in [3.05, 3.63) is 0 Å². The fourth-order valence-corrected chi connectivity index (χ4v) is 8.73. The van der Waals surface area contributed by atoms with Crippen molar-refractivity contribution in [3.8, 4) is 0 Å². The predicted molar refractivity (Wildman–Crippen MR) is 75.6 cm³/mol. The van der Waals surface area contributed by atoms with Gasteiger partial charge in [0.05, 0.1) is 0 Å². The van der Waals surface area contributed by atoms with Gasteiger partial charge in [-0.05, 0) is 98.8 Å². The molecule has 1 N–H and O–H groups in total. The fraction of sp³-hybridized carbons (Fsp3) is 1.00. The van der Waals surface area contributed by atoms with E-state index < -0.39 is 0 Å². The van der Waals surface area contributed by atoms with Crippen LogP contribution in [0.2, 0.25) is 0 Å². The number of hydrogen-bond acceptors (Lipinski definition) is 1. The van der Waals surface area contributed by atoms with Crippen LogP contribution >= 0.6 is 0 Å². The summed E-state index contributed by atoms with van der Waals surface area (Å²) < 4.78 is 0. The Labute approximate surface area is 116 Å². The van der Waals surface area contributed by atoms with Crippen LogP contribution < -0.4 is 5.32 Å². The predicted octanol–water partition coefficient (Wildman–Crippen LogP) is 3.45. The van der Waals surface area contributed by atoms with Crippen LogP contribution in [-0.4, -0.2) is 12.1 Å². The summed E-state index contributed by atoms with van der Waals surface area (Å²) in [6.45, 7) is 1.33. The first-order valence-electron chi connectivity index (χ1n) is 9.12.